The molecule has 0 saturated carbocycles. The summed E-state index contributed by atoms with van der Waals surface area (Å²) < 4.78 is 0.543. The maximum absolute atomic E-state index is 12.5. The van der Waals surface area contributed by atoms with E-state index in [2.05, 4.69) is 6.07 Å². The molecule has 0 atom stereocenters. The average molecular weight is 349 g/mol. The molecule has 0 aliphatic carbocycles. The summed E-state index contributed by atoms with van der Waals surface area (Å²) in [5, 5.41) is 8.64. The number of unbranched alkanes of at least 4 members (excludes halogenated alkanes) is 1. The molecular weight excluding hydrogens is 330 g/mol. The van der Waals surface area contributed by atoms with Gasteiger partial charge in [-0.05, 0) is 43.9 Å². The van der Waals surface area contributed by atoms with Crippen molar-refractivity contribution in [2.24, 2.45) is 0 Å². The van der Waals surface area contributed by atoms with Crippen LogP contribution in [0.15, 0.2) is 23.1 Å². The second-order valence-electron chi connectivity index (χ2n) is 5.54. The van der Waals surface area contributed by atoms with Crippen LogP contribution in [-0.2, 0) is 9.59 Å². The zero-order valence-electron chi connectivity index (χ0n) is 13.2. The van der Waals surface area contributed by atoms with E-state index < -0.39 is 5.97 Å². The number of carbonyl (C=O) groups excluding carboxylic acids is 1. The minimum absolute atomic E-state index is 0.0868. The molecule has 2 rings (SSSR count). The van der Waals surface area contributed by atoms with Gasteiger partial charge >= 0.3 is 5.97 Å². The lowest BCUT2D eigenvalue weighted by Gasteiger charge is -2.13. The second kappa shape index (κ2) is 7.75. The van der Waals surface area contributed by atoms with Crippen molar-refractivity contribution in [3.05, 3.63) is 39.8 Å². The van der Waals surface area contributed by atoms with Crippen LogP contribution in [0.25, 0.3) is 6.08 Å². The van der Waals surface area contributed by atoms with Crippen LogP contribution in [0, 0.1) is 13.8 Å². The molecule has 1 aromatic carbocycles. The number of aliphatic carboxylic acids is 1. The highest BCUT2D eigenvalue weighted by Gasteiger charge is 2.31. The molecule has 1 aliphatic rings. The molecule has 23 heavy (non-hydrogen) atoms. The Labute approximate surface area is 145 Å². The molecule has 1 fully saturated rings. The first-order valence-corrected chi connectivity index (χ1v) is 8.65. The molecule has 0 bridgehead atoms. The Bertz CT molecular complexity index is 682. The van der Waals surface area contributed by atoms with Crippen LogP contribution in [-0.4, -0.2) is 32.7 Å². The predicted octanol–water partition coefficient (Wildman–Crippen LogP) is 3.76. The maximum atomic E-state index is 12.5. The molecule has 1 aliphatic heterocycles. The minimum Gasteiger partial charge on any atom is -0.481 e. The summed E-state index contributed by atoms with van der Waals surface area (Å²) in [6.45, 7) is 4.50. The van der Waals surface area contributed by atoms with Crippen molar-refractivity contribution >= 4 is 46.3 Å². The maximum Gasteiger partial charge on any atom is 0.303 e. The van der Waals surface area contributed by atoms with Gasteiger partial charge < -0.3 is 5.11 Å². The molecule has 0 unspecified atom stereocenters. The largest absolute Gasteiger partial charge is 0.481 e. The van der Waals surface area contributed by atoms with Gasteiger partial charge in [-0.15, -0.1) is 0 Å². The smallest absolute Gasteiger partial charge is 0.303 e. The molecule has 1 N–H and O–H groups in total. The van der Waals surface area contributed by atoms with Crippen molar-refractivity contribution in [3.63, 3.8) is 0 Å². The fourth-order valence-corrected chi connectivity index (χ4v) is 3.60. The van der Waals surface area contributed by atoms with Crippen molar-refractivity contribution in [1.29, 1.82) is 0 Å². The van der Waals surface area contributed by atoms with E-state index in [0.717, 1.165) is 16.7 Å². The Morgan fingerprint density at radius 3 is 2.78 bits per heavy atom. The number of aryl methyl sites for hydroxylation is 2. The van der Waals surface area contributed by atoms with Gasteiger partial charge in [0.05, 0.1) is 4.91 Å². The third-order valence-corrected chi connectivity index (χ3v) is 5.00. The number of rotatable bonds is 6. The molecule has 122 valence electrons. The third-order valence-electron chi connectivity index (χ3n) is 3.62. The predicted molar refractivity (Wildman–Crippen MR) is 97.3 cm³/mol. The van der Waals surface area contributed by atoms with E-state index in [-0.39, 0.29) is 12.3 Å². The molecular formula is C17H19NO3S2. The topological polar surface area (TPSA) is 57.6 Å². The summed E-state index contributed by atoms with van der Waals surface area (Å²) >= 11 is 6.59. The number of carbonyl (C=O) groups is 2. The lowest BCUT2D eigenvalue weighted by molar-refractivity contribution is -0.137. The van der Waals surface area contributed by atoms with Crippen LogP contribution in [0.4, 0.5) is 0 Å². The molecule has 6 heteroatoms. The molecule has 1 heterocycles. The highest BCUT2D eigenvalue weighted by molar-refractivity contribution is 8.26. The van der Waals surface area contributed by atoms with Gasteiger partial charge in [0.25, 0.3) is 5.91 Å². The summed E-state index contributed by atoms with van der Waals surface area (Å²) in [5.74, 6) is -0.901. The zero-order chi connectivity index (χ0) is 17.0. The Balaban J connectivity index is 2.07. The summed E-state index contributed by atoms with van der Waals surface area (Å²) in [6.07, 6.45) is 3.18. The van der Waals surface area contributed by atoms with E-state index >= 15 is 0 Å². The molecule has 1 aromatic rings. The van der Waals surface area contributed by atoms with Crippen molar-refractivity contribution in [1.82, 2.24) is 4.90 Å². The van der Waals surface area contributed by atoms with Gasteiger partial charge in [0.2, 0.25) is 0 Å². The Kier molecular flexibility index (Phi) is 5.96. The van der Waals surface area contributed by atoms with Crippen LogP contribution >= 0.6 is 24.0 Å². The highest BCUT2D eigenvalue weighted by Crippen LogP contribution is 2.33. The molecule has 4 nitrogen and oxygen atoms in total. The van der Waals surface area contributed by atoms with Crippen LogP contribution in [0.2, 0.25) is 0 Å². The Morgan fingerprint density at radius 2 is 2.09 bits per heavy atom. The van der Waals surface area contributed by atoms with Crippen LogP contribution in [0.3, 0.4) is 0 Å². The van der Waals surface area contributed by atoms with Gasteiger partial charge in [-0.1, -0.05) is 47.7 Å². The lowest BCUT2D eigenvalue weighted by Crippen LogP contribution is -2.29. The van der Waals surface area contributed by atoms with Crippen molar-refractivity contribution in [2.45, 2.75) is 33.1 Å². The quantitative estimate of drug-likeness (QED) is 0.481. The lowest BCUT2D eigenvalue weighted by atomic mass is 10.1. The van der Waals surface area contributed by atoms with Crippen molar-refractivity contribution in [3.8, 4) is 0 Å². The number of nitrogens with zero attached hydrogens (tertiary/aromatic N) is 1. The molecule has 0 radical (unpaired) electrons. The monoisotopic (exact) mass is 349 g/mol. The number of thioether (sulfide) groups is 1. The third kappa shape index (κ3) is 4.65. The number of carboxylic acids is 1. The van der Waals surface area contributed by atoms with Gasteiger partial charge in [-0.25, -0.2) is 0 Å². The van der Waals surface area contributed by atoms with Crippen molar-refractivity contribution in [2.75, 3.05) is 6.54 Å². The van der Waals surface area contributed by atoms with E-state index in [0.29, 0.717) is 28.6 Å². The molecule has 1 saturated heterocycles. The number of benzene rings is 1. The average Bonchev–Trinajstić information content (AvgIpc) is 2.74. The van der Waals surface area contributed by atoms with Gasteiger partial charge in [0.1, 0.15) is 4.32 Å². The summed E-state index contributed by atoms with van der Waals surface area (Å²) in [6, 6.07) is 6.13. The van der Waals surface area contributed by atoms with Gasteiger partial charge in [0, 0.05) is 13.0 Å². The van der Waals surface area contributed by atoms with E-state index in [1.807, 2.05) is 32.1 Å². The standard InChI is InChI=1S/C17H19NO3S2/c1-11-6-7-12(2)13(9-11)10-14-16(21)18(17(22)23-14)8-4-3-5-15(19)20/h6-7,9-10H,3-5,8H2,1-2H3,(H,19,20)/b14-10-. The highest BCUT2D eigenvalue weighted by atomic mass is 32.2. The minimum atomic E-state index is -0.815. The molecule has 0 aromatic heterocycles. The van der Waals surface area contributed by atoms with Crippen LogP contribution in [0.5, 0.6) is 0 Å². The van der Waals surface area contributed by atoms with Gasteiger partial charge in [0.15, 0.2) is 0 Å². The van der Waals surface area contributed by atoms with E-state index in [9.17, 15) is 9.59 Å². The Hall–Kier alpha value is -1.66. The molecule has 1 amide bonds. The number of carboxylic acid groups (broad SMARTS) is 1. The van der Waals surface area contributed by atoms with Gasteiger partial charge in [-0.3, -0.25) is 14.5 Å². The SMILES string of the molecule is Cc1ccc(C)c(/C=C2\SC(=S)N(CCCCC(=O)O)C2=O)c1. The zero-order valence-corrected chi connectivity index (χ0v) is 14.8. The second-order valence-corrected chi connectivity index (χ2v) is 7.22. The van der Waals surface area contributed by atoms with Crippen molar-refractivity contribution < 1.29 is 14.7 Å². The number of hydrogen-bond acceptors (Lipinski definition) is 4. The number of amides is 1. The summed E-state index contributed by atoms with van der Waals surface area (Å²) in [7, 11) is 0. The number of hydrogen-bond donors (Lipinski definition) is 1. The Morgan fingerprint density at radius 1 is 1.35 bits per heavy atom. The molecule has 0 spiro atoms. The first kappa shape index (κ1) is 17.7. The van der Waals surface area contributed by atoms with Crippen LogP contribution < -0.4 is 0 Å². The fraction of sp³-hybridized carbons (Fsp3) is 0.353. The summed E-state index contributed by atoms with van der Waals surface area (Å²) in [5.41, 5.74) is 3.28. The first-order valence-electron chi connectivity index (χ1n) is 7.43. The first-order chi connectivity index (χ1) is 10.9. The van der Waals surface area contributed by atoms with Crippen LogP contribution in [0.1, 0.15) is 36.0 Å². The van der Waals surface area contributed by atoms with Gasteiger partial charge in [-0.2, -0.15) is 0 Å². The van der Waals surface area contributed by atoms with E-state index in [1.165, 1.54) is 11.8 Å². The normalized spacial score (nSPS) is 16.4. The van der Waals surface area contributed by atoms with E-state index in [4.69, 9.17) is 17.3 Å². The summed E-state index contributed by atoms with van der Waals surface area (Å²) in [4.78, 5) is 25.2. The van der Waals surface area contributed by atoms with E-state index in [1.54, 1.807) is 4.90 Å². The fourth-order valence-electron chi connectivity index (χ4n) is 2.30. The number of thiocarbonyl (C=S) groups is 1.